The van der Waals surface area contributed by atoms with E-state index in [4.69, 9.17) is 4.74 Å². The predicted molar refractivity (Wildman–Crippen MR) is 143 cm³/mol. The van der Waals surface area contributed by atoms with Crippen molar-refractivity contribution in [3.05, 3.63) is 102 Å². The van der Waals surface area contributed by atoms with E-state index in [0.29, 0.717) is 11.4 Å². The zero-order chi connectivity index (χ0) is 25.8. The summed E-state index contributed by atoms with van der Waals surface area (Å²) in [6, 6.07) is 23.9. The van der Waals surface area contributed by atoms with Crippen molar-refractivity contribution in [2.75, 3.05) is 10.0 Å². The molecule has 0 fully saturated rings. The molecule has 0 aliphatic carbocycles. The second-order valence-electron chi connectivity index (χ2n) is 8.73. The Balaban J connectivity index is 1.36. The third-order valence-corrected chi connectivity index (χ3v) is 8.01. The van der Waals surface area contributed by atoms with Crippen LogP contribution in [-0.4, -0.2) is 25.4 Å². The summed E-state index contributed by atoms with van der Waals surface area (Å²) in [5, 5.41) is 4.72. The van der Waals surface area contributed by atoms with Crippen LogP contribution in [-0.2, 0) is 20.2 Å². The number of ether oxygens (including phenoxy) is 1. The van der Waals surface area contributed by atoms with Crippen LogP contribution < -0.4 is 14.8 Å². The first-order chi connectivity index (χ1) is 17.1. The van der Waals surface area contributed by atoms with E-state index in [1.165, 1.54) is 47.4 Å². The smallest absolute Gasteiger partial charge is 0.265 e. The first kappa shape index (κ1) is 25.4. The Kier molecular flexibility index (Phi) is 7.42. The maximum Gasteiger partial charge on any atom is 0.265 e. The molecule has 0 aliphatic rings. The first-order valence-corrected chi connectivity index (χ1v) is 13.7. The summed E-state index contributed by atoms with van der Waals surface area (Å²) >= 11 is 1.19. The molecule has 1 atom stereocenters. The van der Waals surface area contributed by atoms with Gasteiger partial charge in [-0.25, -0.2) is 13.4 Å². The fourth-order valence-electron chi connectivity index (χ4n) is 3.64. The van der Waals surface area contributed by atoms with E-state index in [-0.39, 0.29) is 21.3 Å². The molecule has 7 nitrogen and oxygen atoms in total. The van der Waals surface area contributed by atoms with E-state index >= 15 is 0 Å². The molecular weight excluding hydrogens is 494 g/mol. The van der Waals surface area contributed by atoms with Gasteiger partial charge in [0.1, 0.15) is 5.75 Å². The standard InChI is InChI=1S/C27H27N3O4S2/c1-19(34-23-13-9-21(10-14-23)27(2,3)20-7-5-4-6-8-20)25(31)29-22-11-15-24(16-12-22)36(32,33)30-26-28-17-18-35-26/h4-19H,1-3H3,(H,28,30)(H,29,31). The van der Waals surface area contributed by atoms with Gasteiger partial charge in [-0.1, -0.05) is 56.3 Å². The summed E-state index contributed by atoms with van der Waals surface area (Å²) in [6.45, 7) is 5.99. The van der Waals surface area contributed by atoms with Crippen molar-refractivity contribution < 1.29 is 17.9 Å². The van der Waals surface area contributed by atoms with Gasteiger partial charge in [-0.3, -0.25) is 9.52 Å². The van der Waals surface area contributed by atoms with E-state index in [0.717, 1.165) is 5.56 Å². The molecule has 0 saturated carbocycles. The Morgan fingerprint density at radius 1 is 0.944 bits per heavy atom. The summed E-state index contributed by atoms with van der Waals surface area (Å²) in [5.41, 5.74) is 2.64. The van der Waals surface area contributed by atoms with Crippen molar-refractivity contribution in [2.45, 2.75) is 37.2 Å². The molecule has 1 heterocycles. The molecular formula is C27H27N3O4S2. The highest BCUT2D eigenvalue weighted by Crippen LogP contribution is 2.32. The summed E-state index contributed by atoms with van der Waals surface area (Å²) in [6.07, 6.45) is 0.762. The number of rotatable bonds is 9. The van der Waals surface area contributed by atoms with Crippen molar-refractivity contribution in [3.8, 4) is 5.75 Å². The van der Waals surface area contributed by atoms with Crippen LogP contribution in [0.15, 0.2) is 95.3 Å². The molecule has 186 valence electrons. The van der Waals surface area contributed by atoms with Crippen molar-refractivity contribution >= 4 is 38.1 Å². The second-order valence-corrected chi connectivity index (χ2v) is 11.3. The molecule has 1 amide bonds. The number of amides is 1. The molecule has 4 rings (SSSR count). The maximum atomic E-state index is 12.6. The van der Waals surface area contributed by atoms with Crippen molar-refractivity contribution in [3.63, 3.8) is 0 Å². The fraction of sp³-hybridized carbons (Fsp3) is 0.185. The average molecular weight is 522 g/mol. The average Bonchev–Trinajstić information content (AvgIpc) is 3.37. The van der Waals surface area contributed by atoms with Gasteiger partial charge in [0.05, 0.1) is 4.90 Å². The Bertz CT molecular complexity index is 1400. The number of thiazole rings is 1. The lowest BCUT2D eigenvalue weighted by molar-refractivity contribution is -0.122. The molecule has 0 bridgehead atoms. The topological polar surface area (TPSA) is 97.4 Å². The van der Waals surface area contributed by atoms with Gasteiger partial charge in [-0.05, 0) is 54.4 Å². The molecule has 0 radical (unpaired) electrons. The molecule has 0 spiro atoms. The molecule has 1 unspecified atom stereocenters. The molecule has 3 aromatic carbocycles. The highest BCUT2D eigenvalue weighted by molar-refractivity contribution is 7.93. The van der Waals surface area contributed by atoms with Gasteiger partial charge in [0, 0.05) is 22.7 Å². The number of aromatic nitrogens is 1. The van der Waals surface area contributed by atoms with Crippen LogP contribution in [0.3, 0.4) is 0 Å². The number of sulfonamides is 1. The third-order valence-electron chi connectivity index (χ3n) is 5.84. The zero-order valence-electron chi connectivity index (χ0n) is 20.1. The number of nitrogens with one attached hydrogen (secondary N) is 2. The first-order valence-electron chi connectivity index (χ1n) is 11.3. The molecule has 4 aromatic rings. The van der Waals surface area contributed by atoms with Crippen molar-refractivity contribution in [1.82, 2.24) is 4.98 Å². The van der Waals surface area contributed by atoms with Gasteiger partial charge < -0.3 is 10.1 Å². The molecule has 2 N–H and O–H groups in total. The highest BCUT2D eigenvalue weighted by Gasteiger charge is 2.23. The molecule has 36 heavy (non-hydrogen) atoms. The number of carbonyl (C=O) groups excluding carboxylic acids is 1. The van der Waals surface area contributed by atoms with Crippen LogP contribution >= 0.6 is 11.3 Å². The lowest BCUT2D eigenvalue weighted by Crippen LogP contribution is -2.30. The summed E-state index contributed by atoms with van der Waals surface area (Å²) in [7, 11) is -3.76. The van der Waals surface area contributed by atoms with Gasteiger partial charge in [-0.2, -0.15) is 0 Å². The van der Waals surface area contributed by atoms with Gasteiger partial charge in [0.2, 0.25) is 0 Å². The van der Waals surface area contributed by atoms with E-state index in [2.05, 4.69) is 41.0 Å². The predicted octanol–water partition coefficient (Wildman–Crippen LogP) is 5.68. The summed E-state index contributed by atoms with van der Waals surface area (Å²) in [4.78, 5) is 16.6. The quantitative estimate of drug-likeness (QED) is 0.296. The van der Waals surface area contributed by atoms with Crippen LogP contribution in [0.25, 0.3) is 0 Å². The van der Waals surface area contributed by atoms with Crippen molar-refractivity contribution in [1.29, 1.82) is 0 Å². The SMILES string of the molecule is CC(Oc1ccc(C(C)(C)c2ccccc2)cc1)C(=O)Nc1ccc(S(=O)(=O)Nc2nccs2)cc1. The number of nitrogens with zero attached hydrogens (tertiary/aromatic N) is 1. The number of hydrogen-bond donors (Lipinski definition) is 2. The largest absolute Gasteiger partial charge is 0.481 e. The van der Waals surface area contributed by atoms with E-state index in [1.807, 2.05) is 42.5 Å². The van der Waals surface area contributed by atoms with E-state index in [9.17, 15) is 13.2 Å². The summed E-state index contributed by atoms with van der Waals surface area (Å²) in [5.74, 6) is 0.236. The lowest BCUT2D eigenvalue weighted by atomic mass is 9.78. The highest BCUT2D eigenvalue weighted by atomic mass is 32.2. The van der Waals surface area contributed by atoms with Gasteiger partial charge in [-0.15, -0.1) is 11.3 Å². The Morgan fingerprint density at radius 3 is 2.19 bits per heavy atom. The monoisotopic (exact) mass is 521 g/mol. The number of anilines is 2. The van der Waals surface area contributed by atoms with Gasteiger partial charge in [0.25, 0.3) is 15.9 Å². The van der Waals surface area contributed by atoms with Crippen LogP contribution in [0.2, 0.25) is 0 Å². The van der Waals surface area contributed by atoms with E-state index < -0.39 is 16.1 Å². The second kappa shape index (κ2) is 10.5. The van der Waals surface area contributed by atoms with Gasteiger partial charge >= 0.3 is 0 Å². The number of benzene rings is 3. The van der Waals surface area contributed by atoms with Crippen LogP contribution in [0.5, 0.6) is 5.75 Å². The Hall–Kier alpha value is -3.69. The molecule has 1 aromatic heterocycles. The maximum absolute atomic E-state index is 12.6. The van der Waals surface area contributed by atoms with E-state index in [1.54, 1.807) is 12.3 Å². The number of hydrogen-bond acceptors (Lipinski definition) is 6. The molecule has 9 heteroatoms. The Morgan fingerprint density at radius 2 is 1.58 bits per heavy atom. The molecule has 0 saturated heterocycles. The fourth-order valence-corrected chi connectivity index (χ4v) is 5.43. The summed E-state index contributed by atoms with van der Waals surface area (Å²) < 4.78 is 33.2. The third kappa shape index (κ3) is 5.92. The minimum Gasteiger partial charge on any atom is -0.481 e. The normalized spacial score (nSPS) is 12.5. The lowest BCUT2D eigenvalue weighted by Gasteiger charge is -2.26. The zero-order valence-corrected chi connectivity index (χ0v) is 21.8. The van der Waals surface area contributed by atoms with Crippen LogP contribution in [0, 0.1) is 0 Å². The minimum absolute atomic E-state index is 0.0681. The minimum atomic E-state index is -3.76. The van der Waals surface area contributed by atoms with Crippen LogP contribution in [0.1, 0.15) is 31.9 Å². The van der Waals surface area contributed by atoms with Gasteiger partial charge in [0.15, 0.2) is 11.2 Å². The van der Waals surface area contributed by atoms with Crippen molar-refractivity contribution in [2.24, 2.45) is 0 Å². The number of carbonyl (C=O) groups is 1. The Labute approximate surface area is 215 Å². The molecule has 0 aliphatic heterocycles. The van der Waals surface area contributed by atoms with Crippen LogP contribution in [0.4, 0.5) is 10.8 Å².